The summed E-state index contributed by atoms with van der Waals surface area (Å²) in [5.41, 5.74) is 1.90. The van der Waals surface area contributed by atoms with E-state index in [0.29, 0.717) is 25.7 Å². The molecule has 1 aromatic heterocycles. The van der Waals surface area contributed by atoms with Crippen LogP contribution < -0.4 is 0 Å². The van der Waals surface area contributed by atoms with Crippen molar-refractivity contribution in [2.75, 3.05) is 39.0 Å². The molecule has 2 aliphatic rings. The van der Waals surface area contributed by atoms with Gasteiger partial charge in [0.05, 0.1) is 18.6 Å². The maximum Gasteiger partial charge on any atom is 0.211 e. The summed E-state index contributed by atoms with van der Waals surface area (Å²) in [6.45, 7) is 7.47. The number of aryl methyl sites for hydroxylation is 2. The van der Waals surface area contributed by atoms with Crippen molar-refractivity contribution in [1.82, 2.24) is 19.2 Å². The van der Waals surface area contributed by atoms with Gasteiger partial charge >= 0.3 is 0 Å². The van der Waals surface area contributed by atoms with Crippen molar-refractivity contribution in [2.24, 2.45) is 0 Å². The fourth-order valence-electron chi connectivity index (χ4n) is 3.63. The number of morpholine rings is 1. The van der Waals surface area contributed by atoms with Crippen molar-refractivity contribution < 1.29 is 13.2 Å². The summed E-state index contributed by atoms with van der Waals surface area (Å²) in [5, 5.41) is 0. The van der Waals surface area contributed by atoms with Crippen LogP contribution in [0, 0.1) is 13.8 Å². The van der Waals surface area contributed by atoms with E-state index in [0.717, 1.165) is 43.1 Å². The van der Waals surface area contributed by atoms with E-state index in [2.05, 4.69) is 14.9 Å². The van der Waals surface area contributed by atoms with Gasteiger partial charge in [-0.2, -0.15) is 0 Å². The van der Waals surface area contributed by atoms with Gasteiger partial charge in [0, 0.05) is 37.9 Å². The van der Waals surface area contributed by atoms with E-state index >= 15 is 0 Å². The number of hydrogen-bond donors (Lipinski definition) is 0. The van der Waals surface area contributed by atoms with E-state index in [1.165, 1.54) is 6.26 Å². The van der Waals surface area contributed by atoms with Crippen molar-refractivity contribution >= 4 is 10.0 Å². The quantitative estimate of drug-likeness (QED) is 0.802. The van der Waals surface area contributed by atoms with Crippen LogP contribution in [0.5, 0.6) is 0 Å². The van der Waals surface area contributed by atoms with Gasteiger partial charge in [0.25, 0.3) is 0 Å². The van der Waals surface area contributed by atoms with Crippen LogP contribution in [0.25, 0.3) is 0 Å². The fraction of sp³-hybridized carbons (Fsp3) is 0.750. The molecule has 0 saturated carbocycles. The molecular formula is C16H26N4O3S. The lowest BCUT2D eigenvalue weighted by Crippen LogP contribution is -2.50. The summed E-state index contributed by atoms with van der Waals surface area (Å²) in [4.78, 5) is 11.3. The molecule has 0 radical (unpaired) electrons. The van der Waals surface area contributed by atoms with Gasteiger partial charge in [-0.3, -0.25) is 4.90 Å². The number of rotatable bonds is 3. The number of nitrogens with zero attached hydrogens (tertiary/aromatic N) is 4. The standard InChI is InChI=1S/C16H26N4O3S/c1-12-10-15(18-13(2)17-12)16-11-19(8-9-23-16)14-4-6-20(7-5-14)24(3,21)22/h10,14,16H,4-9,11H2,1-3H3/t16-/m1/s1. The number of hydrogen-bond acceptors (Lipinski definition) is 6. The third kappa shape index (κ3) is 4.11. The largest absolute Gasteiger partial charge is 0.369 e. The molecule has 24 heavy (non-hydrogen) atoms. The lowest BCUT2D eigenvalue weighted by molar-refractivity contribution is -0.0529. The van der Waals surface area contributed by atoms with E-state index in [-0.39, 0.29) is 6.10 Å². The Morgan fingerprint density at radius 3 is 2.50 bits per heavy atom. The van der Waals surface area contributed by atoms with E-state index in [1.807, 2.05) is 19.9 Å². The second-order valence-corrected chi connectivity index (χ2v) is 8.71. The Bertz CT molecular complexity index is 666. The molecule has 0 aromatic carbocycles. The summed E-state index contributed by atoms with van der Waals surface area (Å²) in [7, 11) is -3.07. The van der Waals surface area contributed by atoms with Crippen LogP contribution in [0.4, 0.5) is 0 Å². The van der Waals surface area contributed by atoms with Gasteiger partial charge in [-0.1, -0.05) is 0 Å². The number of ether oxygens (including phenoxy) is 1. The highest BCUT2D eigenvalue weighted by atomic mass is 32.2. The monoisotopic (exact) mass is 354 g/mol. The van der Waals surface area contributed by atoms with Crippen molar-refractivity contribution in [3.05, 3.63) is 23.3 Å². The zero-order valence-electron chi connectivity index (χ0n) is 14.6. The Kier molecular flexibility index (Phi) is 5.19. The van der Waals surface area contributed by atoms with Gasteiger partial charge in [-0.25, -0.2) is 22.7 Å². The van der Waals surface area contributed by atoms with Crippen LogP contribution in [0.1, 0.15) is 36.2 Å². The topological polar surface area (TPSA) is 75.6 Å². The highest BCUT2D eigenvalue weighted by Gasteiger charge is 2.32. The molecular weight excluding hydrogens is 328 g/mol. The van der Waals surface area contributed by atoms with Gasteiger partial charge in [0.2, 0.25) is 10.0 Å². The van der Waals surface area contributed by atoms with Crippen molar-refractivity contribution in [1.29, 1.82) is 0 Å². The molecule has 3 rings (SSSR count). The van der Waals surface area contributed by atoms with Crippen molar-refractivity contribution in [3.63, 3.8) is 0 Å². The smallest absolute Gasteiger partial charge is 0.211 e. The lowest BCUT2D eigenvalue weighted by atomic mass is 10.0. The zero-order valence-corrected chi connectivity index (χ0v) is 15.4. The lowest BCUT2D eigenvalue weighted by Gasteiger charge is -2.41. The minimum atomic E-state index is -3.07. The molecule has 0 unspecified atom stereocenters. The normalized spacial score (nSPS) is 25.0. The summed E-state index contributed by atoms with van der Waals surface area (Å²) in [6, 6.07) is 2.41. The summed E-state index contributed by atoms with van der Waals surface area (Å²) in [6.07, 6.45) is 3.01. The van der Waals surface area contributed by atoms with Crippen molar-refractivity contribution in [3.8, 4) is 0 Å². The second-order valence-electron chi connectivity index (χ2n) is 6.73. The average molecular weight is 354 g/mol. The molecule has 0 spiro atoms. The van der Waals surface area contributed by atoms with Gasteiger partial charge in [0.1, 0.15) is 11.9 Å². The van der Waals surface area contributed by atoms with Crippen LogP contribution in [-0.4, -0.2) is 72.7 Å². The van der Waals surface area contributed by atoms with Gasteiger partial charge in [0.15, 0.2) is 0 Å². The van der Waals surface area contributed by atoms with Crippen LogP contribution in [-0.2, 0) is 14.8 Å². The molecule has 0 N–H and O–H groups in total. The molecule has 1 atom stereocenters. The summed E-state index contributed by atoms with van der Waals surface area (Å²) in [5.74, 6) is 0.771. The second kappa shape index (κ2) is 7.03. The van der Waals surface area contributed by atoms with Crippen LogP contribution in [0.2, 0.25) is 0 Å². The molecule has 2 saturated heterocycles. The molecule has 2 aliphatic heterocycles. The molecule has 0 aliphatic carbocycles. The molecule has 8 heteroatoms. The Labute approximate surface area is 144 Å². The average Bonchev–Trinajstić information content (AvgIpc) is 2.53. The number of sulfonamides is 1. The summed E-state index contributed by atoms with van der Waals surface area (Å²) < 4.78 is 30.8. The maximum absolute atomic E-state index is 11.6. The van der Waals surface area contributed by atoms with E-state index in [9.17, 15) is 8.42 Å². The zero-order chi connectivity index (χ0) is 17.3. The maximum atomic E-state index is 11.6. The summed E-state index contributed by atoms with van der Waals surface area (Å²) >= 11 is 0. The van der Waals surface area contributed by atoms with E-state index in [4.69, 9.17) is 4.74 Å². The first-order chi connectivity index (χ1) is 11.3. The Hall–Kier alpha value is -1.09. The number of piperidine rings is 1. The van der Waals surface area contributed by atoms with Gasteiger partial charge in [-0.15, -0.1) is 0 Å². The van der Waals surface area contributed by atoms with Crippen LogP contribution >= 0.6 is 0 Å². The molecule has 3 heterocycles. The third-order valence-corrected chi connectivity index (χ3v) is 6.13. The molecule has 2 fully saturated rings. The highest BCUT2D eigenvalue weighted by Crippen LogP contribution is 2.26. The molecule has 1 aromatic rings. The predicted molar refractivity (Wildman–Crippen MR) is 91.2 cm³/mol. The van der Waals surface area contributed by atoms with Crippen molar-refractivity contribution in [2.45, 2.75) is 38.8 Å². The van der Waals surface area contributed by atoms with Crippen LogP contribution in [0.15, 0.2) is 6.07 Å². The Morgan fingerprint density at radius 2 is 1.88 bits per heavy atom. The first-order valence-electron chi connectivity index (χ1n) is 8.46. The molecule has 0 bridgehead atoms. The molecule has 0 amide bonds. The first kappa shape index (κ1) is 17.7. The minimum Gasteiger partial charge on any atom is -0.369 e. The van der Waals surface area contributed by atoms with Gasteiger partial charge in [-0.05, 0) is 32.8 Å². The van der Waals surface area contributed by atoms with Gasteiger partial charge < -0.3 is 4.74 Å². The van der Waals surface area contributed by atoms with Crippen LogP contribution in [0.3, 0.4) is 0 Å². The third-order valence-electron chi connectivity index (χ3n) is 4.82. The van der Waals surface area contributed by atoms with E-state index < -0.39 is 10.0 Å². The minimum absolute atomic E-state index is 0.0351. The fourth-order valence-corrected chi connectivity index (χ4v) is 4.50. The number of aromatic nitrogens is 2. The Morgan fingerprint density at radius 1 is 1.17 bits per heavy atom. The van der Waals surface area contributed by atoms with E-state index in [1.54, 1.807) is 4.31 Å². The first-order valence-corrected chi connectivity index (χ1v) is 10.3. The SMILES string of the molecule is Cc1cc([C@H]2CN(C3CCN(S(C)(=O)=O)CC3)CCO2)nc(C)n1. The molecule has 134 valence electrons. The predicted octanol–water partition coefficient (Wildman–Crippen LogP) is 0.891. The highest BCUT2D eigenvalue weighted by molar-refractivity contribution is 7.88. The Balaban J connectivity index is 1.64. The molecule has 7 nitrogen and oxygen atoms in total.